The highest BCUT2D eigenvalue weighted by molar-refractivity contribution is 9.10. The zero-order valence-corrected chi connectivity index (χ0v) is 12.4. The van der Waals surface area contributed by atoms with Gasteiger partial charge >= 0.3 is 0 Å². The SMILES string of the molecule is Cc1csc(C(N)Cc2ccc(Br)cn2)c1Cl. The molecule has 2 rings (SSSR count). The number of aryl methyl sites for hydroxylation is 1. The van der Waals surface area contributed by atoms with Crippen LogP contribution in [0.4, 0.5) is 0 Å². The topological polar surface area (TPSA) is 38.9 Å². The Labute approximate surface area is 118 Å². The van der Waals surface area contributed by atoms with Gasteiger partial charge in [-0.25, -0.2) is 0 Å². The maximum atomic E-state index is 6.20. The van der Waals surface area contributed by atoms with Crippen molar-refractivity contribution < 1.29 is 0 Å². The number of nitrogens with two attached hydrogens (primary N) is 1. The molecule has 0 aliphatic carbocycles. The Kier molecular flexibility index (Phi) is 4.20. The van der Waals surface area contributed by atoms with E-state index in [2.05, 4.69) is 20.9 Å². The van der Waals surface area contributed by atoms with Gasteiger partial charge in [0.05, 0.1) is 5.02 Å². The Bertz CT molecular complexity index is 510. The molecule has 2 N–H and O–H groups in total. The normalized spacial score (nSPS) is 12.7. The van der Waals surface area contributed by atoms with Crippen LogP contribution in [-0.2, 0) is 6.42 Å². The van der Waals surface area contributed by atoms with Crippen LogP contribution >= 0.6 is 38.9 Å². The van der Waals surface area contributed by atoms with Crippen molar-refractivity contribution in [3.05, 3.63) is 49.3 Å². The lowest BCUT2D eigenvalue weighted by Gasteiger charge is -2.10. The molecule has 0 radical (unpaired) electrons. The molecule has 2 heterocycles. The fraction of sp³-hybridized carbons (Fsp3) is 0.250. The Morgan fingerprint density at radius 3 is 2.82 bits per heavy atom. The number of aromatic nitrogens is 1. The van der Waals surface area contributed by atoms with Crippen LogP contribution in [0, 0.1) is 6.92 Å². The first kappa shape index (κ1) is 13.0. The molecule has 1 atom stereocenters. The predicted molar refractivity (Wildman–Crippen MR) is 76.6 cm³/mol. The average molecular weight is 332 g/mol. The van der Waals surface area contributed by atoms with Crippen LogP contribution in [-0.4, -0.2) is 4.98 Å². The van der Waals surface area contributed by atoms with E-state index in [1.54, 1.807) is 17.5 Å². The molecule has 0 bridgehead atoms. The molecule has 2 aromatic rings. The van der Waals surface area contributed by atoms with Gasteiger partial charge in [-0.15, -0.1) is 11.3 Å². The fourth-order valence-corrected chi connectivity index (χ4v) is 3.12. The van der Waals surface area contributed by atoms with E-state index in [0.717, 1.165) is 25.6 Å². The third-order valence-corrected chi connectivity index (χ3v) is 4.79. The highest BCUT2D eigenvalue weighted by Gasteiger charge is 2.15. The van der Waals surface area contributed by atoms with Crippen molar-refractivity contribution in [3.8, 4) is 0 Å². The van der Waals surface area contributed by atoms with Gasteiger partial charge < -0.3 is 5.73 Å². The summed E-state index contributed by atoms with van der Waals surface area (Å²) < 4.78 is 0.972. The standard InChI is InChI=1S/C12H12BrClN2S/c1-7-6-17-12(11(7)14)10(15)4-9-3-2-8(13)5-16-9/h2-3,5-6,10H,4,15H2,1H3. The quantitative estimate of drug-likeness (QED) is 0.919. The van der Waals surface area contributed by atoms with Gasteiger partial charge in [-0.05, 0) is 45.9 Å². The van der Waals surface area contributed by atoms with E-state index in [1.807, 2.05) is 24.4 Å². The third-order valence-electron chi connectivity index (χ3n) is 2.48. The van der Waals surface area contributed by atoms with Gasteiger partial charge in [0, 0.05) is 33.7 Å². The second kappa shape index (κ2) is 5.48. The van der Waals surface area contributed by atoms with Crippen LogP contribution in [0.2, 0.25) is 5.02 Å². The van der Waals surface area contributed by atoms with Gasteiger partial charge in [0.25, 0.3) is 0 Å². The van der Waals surface area contributed by atoms with E-state index in [9.17, 15) is 0 Å². The molecule has 0 saturated carbocycles. The molecular formula is C12H12BrClN2S. The van der Waals surface area contributed by atoms with Gasteiger partial charge in [0.1, 0.15) is 0 Å². The van der Waals surface area contributed by atoms with Crippen LogP contribution in [0.1, 0.15) is 22.2 Å². The number of nitrogens with zero attached hydrogens (tertiary/aromatic N) is 1. The van der Waals surface area contributed by atoms with Gasteiger partial charge in [-0.2, -0.15) is 0 Å². The maximum Gasteiger partial charge on any atom is 0.0590 e. The van der Waals surface area contributed by atoms with Gasteiger partial charge in [-0.3, -0.25) is 4.98 Å². The number of hydrogen-bond donors (Lipinski definition) is 1. The molecule has 17 heavy (non-hydrogen) atoms. The molecule has 0 aliphatic heterocycles. The molecule has 1 unspecified atom stereocenters. The Morgan fingerprint density at radius 1 is 1.53 bits per heavy atom. The summed E-state index contributed by atoms with van der Waals surface area (Å²) in [6.45, 7) is 1.99. The molecule has 0 aliphatic rings. The minimum Gasteiger partial charge on any atom is -0.323 e. The second-order valence-electron chi connectivity index (χ2n) is 3.88. The van der Waals surface area contributed by atoms with Crippen LogP contribution < -0.4 is 5.73 Å². The lowest BCUT2D eigenvalue weighted by atomic mass is 10.1. The minimum atomic E-state index is -0.0881. The summed E-state index contributed by atoms with van der Waals surface area (Å²) in [5.74, 6) is 0. The van der Waals surface area contributed by atoms with E-state index in [1.165, 1.54) is 0 Å². The number of thiophene rings is 1. The van der Waals surface area contributed by atoms with Crippen molar-refractivity contribution in [2.24, 2.45) is 5.73 Å². The first-order chi connectivity index (χ1) is 8.08. The lowest BCUT2D eigenvalue weighted by molar-refractivity contribution is 0.719. The summed E-state index contributed by atoms with van der Waals surface area (Å²) in [5, 5.41) is 2.83. The zero-order chi connectivity index (χ0) is 12.4. The van der Waals surface area contributed by atoms with Crippen molar-refractivity contribution >= 4 is 38.9 Å². The summed E-state index contributed by atoms with van der Waals surface area (Å²) >= 11 is 11.2. The van der Waals surface area contributed by atoms with E-state index in [-0.39, 0.29) is 6.04 Å². The molecule has 5 heteroatoms. The van der Waals surface area contributed by atoms with Crippen LogP contribution in [0.25, 0.3) is 0 Å². The third kappa shape index (κ3) is 3.07. The molecule has 0 fully saturated rings. The fourth-order valence-electron chi connectivity index (χ4n) is 1.55. The number of hydrogen-bond acceptors (Lipinski definition) is 3. The molecule has 2 nitrogen and oxygen atoms in total. The van der Waals surface area contributed by atoms with Gasteiger partial charge in [-0.1, -0.05) is 11.6 Å². The monoisotopic (exact) mass is 330 g/mol. The average Bonchev–Trinajstić information content (AvgIpc) is 2.63. The molecule has 90 valence electrons. The summed E-state index contributed by atoms with van der Waals surface area (Å²) in [5.41, 5.74) is 8.22. The minimum absolute atomic E-state index is 0.0881. The first-order valence-electron chi connectivity index (χ1n) is 5.17. The summed E-state index contributed by atoms with van der Waals surface area (Å²) in [4.78, 5) is 5.35. The van der Waals surface area contributed by atoms with Crippen molar-refractivity contribution in [1.82, 2.24) is 4.98 Å². The van der Waals surface area contributed by atoms with E-state index in [4.69, 9.17) is 17.3 Å². The molecule has 2 aromatic heterocycles. The smallest absolute Gasteiger partial charge is 0.0590 e. The van der Waals surface area contributed by atoms with Crippen molar-refractivity contribution in [2.45, 2.75) is 19.4 Å². The molecule has 0 spiro atoms. The second-order valence-corrected chi connectivity index (χ2v) is 6.08. The van der Waals surface area contributed by atoms with E-state index in [0.29, 0.717) is 6.42 Å². The highest BCUT2D eigenvalue weighted by atomic mass is 79.9. The summed E-state index contributed by atoms with van der Waals surface area (Å²) in [6, 6.07) is 3.85. The Balaban J connectivity index is 2.14. The summed E-state index contributed by atoms with van der Waals surface area (Å²) in [6.07, 6.45) is 2.48. The predicted octanol–water partition coefficient (Wildman–Crippen LogP) is 4.11. The molecule has 0 saturated heterocycles. The molecule has 0 aromatic carbocycles. The Hall–Kier alpha value is -0.420. The zero-order valence-electron chi connectivity index (χ0n) is 9.28. The number of pyridine rings is 1. The largest absolute Gasteiger partial charge is 0.323 e. The van der Waals surface area contributed by atoms with Crippen LogP contribution in [0.5, 0.6) is 0 Å². The highest BCUT2D eigenvalue weighted by Crippen LogP contribution is 2.32. The molecular weight excluding hydrogens is 320 g/mol. The summed E-state index contributed by atoms with van der Waals surface area (Å²) in [7, 11) is 0. The van der Waals surface area contributed by atoms with Crippen LogP contribution in [0.3, 0.4) is 0 Å². The van der Waals surface area contributed by atoms with Crippen molar-refractivity contribution in [2.75, 3.05) is 0 Å². The maximum absolute atomic E-state index is 6.20. The Morgan fingerprint density at radius 2 is 2.29 bits per heavy atom. The van der Waals surface area contributed by atoms with Gasteiger partial charge in [0.15, 0.2) is 0 Å². The van der Waals surface area contributed by atoms with Crippen molar-refractivity contribution in [3.63, 3.8) is 0 Å². The van der Waals surface area contributed by atoms with Gasteiger partial charge in [0.2, 0.25) is 0 Å². The van der Waals surface area contributed by atoms with E-state index >= 15 is 0 Å². The number of halogens is 2. The number of rotatable bonds is 3. The van der Waals surface area contributed by atoms with E-state index < -0.39 is 0 Å². The molecule has 0 amide bonds. The lowest BCUT2D eigenvalue weighted by Crippen LogP contribution is -2.13. The first-order valence-corrected chi connectivity index (χ1v) is 7.22. The van der Waals surface area contributed by atoms with Crippen molar-refractivity contribution in [1.29, 1.82) is 0 Å². The van der Waals surface area contributed by atoms with Crippen LogP contribution in [0.15, 0.2) is 28.2 Å².